The van der Waals surface area contributed by atoms with Gasteiger partial charge in [-0.1, -0.05) is 35.1 Å². The molecular weight excluding hydrogens is 515 g/mol. The molecule has 4 N–H and O–H groups in total. The monoisotopic (exact) mass is 535 g/mol. The molecule has 1 aliphatic heterocycles. The maximum atomic E-state index is 13.9. The predicted octanol–water partition coefficient (Wildman–Crippen LogP) is 4.76. The minimum Gasteiger partial charge on any atom is -0.492 e. The van der Waals surface area contributed by atoms with Crippen LogP contribution in [-0.4, -0.2) is 57.7 Å². The molecule has 1 saturated heterocycles. The molecule has 0 bridgehead atoms. The highest BCUT2D eigenvalue weighted by Crippen LogP contribution is 2.42. The summed E-state index contributed by atoms with van der Waals surface area (Å²) in [6.45, 7) is 1.67. The average Bonchev–Trinajstić information content (AvgIpc) is 3.48. The molecule has 0 spiro atoms. The molecule has 2 aromatic carbocycles. The van der Waals surface area contributed by atoms with Gasteiger partial charge >= 0.3 is 6.18 Å². The van der Waals surface area contributed by atoms with Gasteiger partial charge in [0.15, 0.2) is 5.13 Å². The van der Waals surface area contributed by atoms with Crippen LogP contribution in [0.5, 0.6) is 5.88 Å². The Bertz CT molecular complexity index is 1430. The molecule has 1 fully saturated rings. The summed E-state index contributed by atoms with van der Waals surface area (Å²) in [5, 5.41) is 31.9. The third-order valence-corrected chi connectivity index (χ3v) is 7.37. The van der Waals surface area contributed by atoms with Crippen LogP contribution in [0.2, 0.25) is 5.02 Å². The van der Waals surface area contributed by atoms with Gasteiger partial charge in [0, 0.05) is 35.6 Å². The summed E-state index contributed by atoms with van der Waals surface area (Å²) in [7, 11) is 0. The van der Waals surface area contributed by atoms with Crippen molar-refractivity contribution in [1.29, 1.82) is 0 Å². The normalized spacial score (nSPS) is 17.2. The van der Waals surface area contributed by atoms with Gasteiger partial charge in [-0.05, 0) is 41.5 Å². The van der Waals surface area contributed by atoms with Crippen LogP contribution >= 0.6 is 22.9 Å². The summed E-state index contributed by atoms with van der Waals surface area (Å²) in [5.41, 5.74) is 0.725. The van der Waals surface area contributed by atoms with Crippen LogP contribution < -0.4 is 10.2 Å². The van der Waals surface area contributed by atoms with Crippen molar-refractivity contribution in [1.82, 2.24) is 20.5 Å². The Morgan fingerprint density at radius 3 is 2.86 bits per heavy atom. The van der Waals surface area contributed by atoms with Crippen molar-refractivity contribution in [2.45, 2.75) is 12.2 Å². The number of piperazine rings is 1. The first kappa shape index (κ1) is 24.6. The Morgan fingerprint density at radius 1 is 1.25 bits per heavy atom. The largest absolute Gasteiger partial charge is 0.492 e. The first-order chi connectivity index (χ1) is 17.2. The lowest BCUT2D eigenvalue weighted by Crippen LogP contribution is -2.53. The second kappa shape index (κ2) is 9.74. The van der Waals surface area contributed by atoms with Crippen LogP contribution in [0.1, 0.15) is 21.6 Å². The Labute approximate surface area is 212 Å². The lowest BCUT2D eigenvalue weighted by atomic mass is 9.98. The molecule has 1 aliphatic rings. The summed E-state index contributed by atoms with van der Waals surface area (Å²) in [6, 6.07) is 8.65. The van der Waals surface area contributed by atoms with Gasteiger partial charge in [-0.2, -0.15) is 23.3 Å². The minimum atomic E-state index is -4.63. The number of H-pyrrole nitrogens is 1. The quantitative estimate of drug-likeness (QED) is 0.275. The van der Waals surface area contributed by atoms with E-state index in [-0.39, 0.29) is 29.1 Å². The molecule has 1 unspecified atom stereocenters. The number of aliphatic hydroxyl groups is 1. The third kappa shape index (κ3) is 4.79. The second-order valence-corrected chi connectivity index (χ2v) is 9.76. The number of halogens is 4. The highest BCUT2D eigenvalue weighted by Gasteiger charge is 2.34. The highest BCUT2D eigenvalue weighted by atomic mass is 35.5. The fourth-order valence-electron chi connectivity index (χ4n) is 4.22. The van der Waals surface area contributed by atoms with Gasteiger partial charge in [-0.3, -0.25) is 5.10 Å². The second-order valence-electron chi connectivity index (χ2n) is 8.34. The molecule has 4 aromatic rings. The zero-order valence-electron chi connectivity index (χ0n) is 18.7. The van der Waals surface area contributed by atoms with E-state index in [0.29, 0.717) is 40.8 Å². The Balaban J connectivity index is 1.68. The van der Waals surface area contributed by atoms with Crippen molar-refractivity contribution >= 4 is 50.6 Å². The number of aromatic nitrogens is 3. The Kier molecular flexibility index (Phi) is 6.64. The molecule has 188 valence electrons. The predicted molar refractivity (Wildman–Crippen MR) is 134 cm³/mol. The number of aromatic hydroxyl groups is 1. The molecule has 7 nitrogen and oxygen atoms in total. The standard InChI is InChI=1S/C24H21ClF3N5O2S/c25-16-3-1-14(19(9-16)24(26,27)28)8-18(13-2-4-20-15(7-13)10-30-32-20)21-22(35)31-23(36-21)33-6-5-29-11-17(33)12-34/h1-4,7-10,17,29,34-35H,5-6,11-12H2,(H,30,32). The number of hydrogen-bond donors (Lipinski definition) is 4. The van der Waals surface area contributed by atoms with E-state index < -0.39 is 11.7 Å². The first-order valence-electron chi connectivity index (χ1n) is 11.0. The van der Waals surface area contributed by atoms with Gasteiger partial charge in [0.2, 0.25) is 5.88 Å². The molecular formula is C24H21ClF3N5O2S. The van der Waals surface area contributed by atoms with Crippen molar-refractivity contribution in [2.24, 2.45) is 0 Å². The van der Waals surface area contributed by atoms with E-state index >= 15 is 0 Å². The summed E-state index contributed by atoms with van der Waals surface area (Å²) < 4.78 is 41.6. The maximum Gasteiger partial charge on any atom is 0.417 e. The van der Waals surface area contributed by atoms with E-state index in [4.69, 9.17) is 11.6 Å². The number of alkyl halides is 3. The van der Waals surface area contributed by atoms with Gasteiger partial charge in [0.25, 0.3) is 0 Å². The number of rotatable bonds is 5. The van der Waals surface area contributed by atoms with Crippen molar-refractivity contribution in [3.8, 4) is 5.88 Å². The van der Waals surface area contributed by atoms with Crippen LogP contribution in [0.15, 0.2) is 42.6 Å². The fraction of sp³-hybridized carbons (Fsp3) is 0.250. The van der Waals surface area contributed by atoms with Gasteiger partial charge in [0.1, 0.15) is 4.88 Å². The molecule has 2 aromatic heterocycles. The van der Waals surface area contributed by atoms with Gasteiger partial charge in [-0.25, -0.2) is 0 Å². The van der Waals surface area contributed by atoms with Crippen molar-refractivity contribution in [2.75, 3.05) is 31.1 Å². The van der Waals surface area contributed by atoms with Gasteiger partial charge in [-0.15, -0.1) is 0 Å². The number of hydrogen-bond acceptors (Lipinski definition) is 7. The number of aliphatic hydroxyl groups excluding tert-OH is 1. The van der Waals surface area contributed by atoms with Gasteiger partial charge in [0.05, 0.1) is 29.9 Å². The molecule has 3 heterocycles. The number of nitrogens with one attached hydrogen (secondary N) is 2. The van der Waals surface area contributed by atoms with Crippen LogP contribution in [0, 0.1) is 0 Å². The van der Waals surface area contributed by atoms with E-state index in [2.05, 4.69) is 20.5 Å². The molecule has 1 atom stereocenters. The molecule has 0 radical (unpaired) electrons. The molecule has 12 heteroatoms. The van der Waals surface area contributed by atoms with Crippen LogP contribution in [-0.2, 0) is 6.18 Å². The summed E-state index contributed by atoms with van der Waals surface area (Å²) in [5.74, 6) is -0.300. The lowest BCUT2D eigenvalue weighted by Gasteiger charge is -2.34. The number of aromatic amines is 1. The zero-order chi connectivity index (χ0) is 25.4. The van der Waals surface area contributed by atoms with Crippen LogP contribution in [0.25, 0.3) is 22.6 Å². The number of anilines is 1. The van der Waals surface area contributed by atoms with E-state index in [0.717, 1.165) is 28.3 Å². The number of benzene rings is 2. The van der Waals surface area contributed by atoms with Crippen molar-refractivity contribution in [3.05, 3.63) is 69.2 Å². The maximum absolute atomic E-state index is 13.9. The Hall–Kier alpha value is -3.12. The van der Waals surface area contributed by atoms with E-state index in [9.17, 15) is 23.4 Å². The molecule has 0 saturated carbocycles. The summed E-state index contributed by atoms with van der Waals surface area (Å²) in [6.07, 6.45) is -1.63. The van der Waals surface area contributed by atoms with E-state index in [1.54, 1.807) is 24.4 Å². The Morgan fingerprint density at radius 2 is 2.08 bits per heavy atom. The average molecular weight is 536 g/mol. The smallest absolute Gasteiger partial charge is 0.417 e. The highest BCUT2D eigenvalue weighted by molar-refractivity contribution is 7.17. The SMILES string of the molecule is OCC1CNCCN1c1nc(O)c(C(=Cc2ccc(Cl)cc2C(F)(F)F)c2ccc3[nH]ncc3c2)s1. The van der Waals surface area contributed by atoms with Crippen LogP contribution in [0.4, 0.5) is 18.3 Å². The molecule has 36 heavy (non-hydrogen) atoms. The topological polar surface area (TPSA) is 97.3 Å². The minimum absolute atomic E-state index is 0.0301. The summed E-state index contributed by atoms with van der Waals surface area (Å²) >= 11 is 7.04. The van der Waals surface area contributed by atoms with Gasteiger partial charge < -0.3 is 20.4 Å². The molecule has 0 amide bonds. The van der Waals surface area contributed by atoms with E-state index in [1.165, 1.54) is 18.2 Å². The molecule has 0 aliphatic carbocycles. The van der Waals surface area contributed by atoms with Crippen LogP contribution in [0.3, 0.4) is 0 Å². The summed E-state index contributed by atoms with van der Waals surface area (Å²) in [4.78, 5) is 6.52. The number of thiazole rings is 1. The zero-order valence-corrected chi connectivity index (χ0v) is 20.3. The van der Waals surface area contributed by atoms with Crippen molar-refractivity contribution in [3.63, 3.8) is 0 Å². The van der Waals surface area contributed by atoms with Crippen molar-refractivity contribution < 1.29 is 23.4 Å². The number of nitrogens with zero attached hydrogens (tertiary/aromatic N) is 3. The first-order valence-corrected chi connectivity index (χ1v) is 12.2. The number of fused-ring (bicyclic) bond motifs is 1. The molecule has 5 rings (SSSR count). The third-order valence-electron chi connectivity index (χ3n) is 6.02. The fourth-order valence-corrected chi connectivity index (χ4v) is 5.49. The van der Waals surface area contributed by atoms with E-state index in [1.807, 2.05) is 4.90 Å². The lowest BCUT2D eigenvalue weighted by molar-refractivity contribution is -0.137.